The Bertz CT molecular complexity index is 1270. The summed E-state index contributed by atoms with van der Waals surface area (Å²) in [5, 5.41) is 14.4. The molecule has 0 saturated heterocycles. The fourth-order valence-corrected chi connectivity index (χ4v) is 3.34. The number of para-hydroxylation sites is 1. The Morgan fingerprint density at radius 2 is 1.87 bits per heavy atom. The number of fused-ring (bicyclic) bond motifs is 1. The highest BCUT2D eigenvalue weighted by Crippen LogP contribution is 2.22. The number of amides is 1. The molecule has 30 heavy (non-hydrogen) atoms. The van der Waals surface area contributed by atoms with Crippen molar-refractivity contribution in [2.24, 2.45) is 5.10 Å². The average Bonchev–Trinajstić information content (AvgIpc) is 3.34. The molecule has 8 heteroatoms. The second-order valence-corrected chi connectivity index (χ2v) is 6.89. The molecule has 0 saturated carbocycles. The Hall–Kier alpha value is -3.84. The lowest BCUT2D eigenvalue weighted by Crippen LogP contribution is -2.17. The van der Waals surface area contributed by atoms with E-state index in [1.54, 1.807) is 36.5 Å². The molecule has 4 rings (SSSR count). The number of aromatic carboxylic acids is 1. The van der Waals surface area contributed by atoms with Crippen molar-refractivity contribution in [3.63, 3.8) is 0 Å². The van der Waals surface area contributed by atoms with Gasteiger partial charge in [0.25, 0.3) is 5.91 Å². The van der Waals surface area contributed by atoms with Crippen LogP contribution < -0.4 is 5.43 Å². The molecule has 0 aliphatic heterocycles. The summed E-state index contributed by atoms with van der Waals surface area (Å²) in [6.45, 7) is 0.355. The van der Waals surface area contributed by atoms with Gasteiger partial charge in [0.2, 0.25) is 5.76 Å². The van der Waals surface area contributed by atoms with Crippen molar-refractivity contribution in [2.75, 3.05) is 0 Å². The van der Waals surface area contributed by atoms with Crippen LogP contribution in [0.25, 0.3) is 10.9 Å². The lowest BCUT2D eigenvalue weighted by molar-refractivity contribution is 0.0660. The van der Waals surface area contributed by atoms with E-state index in [9.17, 15) is 9.59 Å². The van der Waals surface area contributed by atoms with Gasteiger partial charge in [0, 0.05) is 22.7 Å². The molecule has 0 atom stereocenters. The molecule has 2 N–H and O–H groups in total. The third-order valence-electron chi connectivity index (χ3n) is 4.51. The highest BCUT2D eigenvalue weighted by Gasteiger charge is 2.12. The first-order chi connectivity index (χ1) is 14.5. The largest absolute Gasteiger partial charge is 0.475 e. The van der Waals surface area contributed by atoms with Crippen LogP contribution in [0, 0.1) is 0 Å². The number of rotatable bonds is 6. The van der Waals surface area contributed by atoms with Crippen LogP contribution in [0.1, 0.15) is 32.2 Å². The zero-order valence-electron chi connectivity index (χ0n) is 15.6. The van der Waals surface area contributed by atoms with Crippen LogP contribution in [-0.2, 0) is 6.54 Å². The molecular formula is C22H16ClN3O4. The first kappa shape index (κ1) is 19.5. The number of nitrogens with one attached hydrogen (secondary N) is 1. The number of hydrogen-bond acceptors (Lipinski definition) is 4. The Labute approximate surface area is 176 Å². The van der Waals surface area contributed by atoms with Crippen molar-refractivity contribution in [1.29, 1.82) is 0 Å². The van der Waals surface area contributed by atoms with Gasteiger partial charge in [-0.05, 0) is 30.3 Å². The first-order valence-corrected chi connectivity index (χ1v) is 9.38. The summed E-state index contributed by atoms with van der Waals surface area (Å²) in [5.74, 6) is -1.10. The molecule has 0 aliphatic rings. The van der Waals surface area contributed by atoms with E-state index in [0.717, 1.165) is 16.5 Å². The number of carbonyl (C=O) groups excluding carboxylic acids is 1. The zero-order valence-corrected chi connectivity index (χ0v) is 16.3. The molecule has 0 fully saturated rings. The fourth-order valence-electron chi connectivity index (χ4n) is 3.12. The van der Waals surface area contributed by atoms with Gasteiger partial charge >= 0.3 is 5.97 Å². The topological polar surface area (TPSA) is 96.8 Å². The third kappa shape index (κ3) is 3.97. The Morgan fingerprint density at radius 3 is 2.63 bits per heavy atom. The van der Waals surface area contributed by atoms with Crippen LogP contribution in [0.3, 0.4) is 0 Å². The minimum atomic E-state index is -1.11. The van der Waals surface area contributed by atoms with Crippen LogP contribution >= 0.6 is 11.6 Å². The number of carboxylic acids is 1. The zero-order chi connectivity index (χ0) is 21.1. The second kappa shape index (κ2) is 8.26. The van der Waals surface area contributed by atoms with Gasteiger partial charge in [-0.3, -0.25) is 4.79 Å². The highest BCUT2D eigenvalue weighted by atomic mass is 35.5. The van der Waals surface area contributed by atoms with Gasteiger partial charge in [0.15, 0.2) is 0 Å². The number of furan rings is 1. The van der Waals surface area contributed by atoms with Crippen molar-refractivity contribution in [1.82, 2.24) is 9.99 Å². The number of benzene rings is 2. The standard InChI is InChI=1S/C22H16ClN3O4/c23-18-7-3-1-6-17(18)21(27)25-24-11-14-12-26(19-8-4-2-5-16(14)19)13-15-9-10-20(30-15)22(28)29/h1-12H,13H2,(H,25,27)(H,28,29)/b24-11-. The number of nitrogens with zero attached hydrogens (tertiary/aromatic N) is 2. The predicted molar refractivity (Wildman–Crippen MR) is 113 cm³/mol. The van der Waals surface area contributed by atoms with Gasteiger partial charge in [-0.2, -0.15) is 5.10 Å². The van der Waals surface area contributed by atoms with E-state index < -0.39 is 11.9 Å². The monoisotopic (exact) mass is 421 g/mol. The van der Waals surface area contributed by atoms with E-state index >= 15 is 0 Å². The number of aromatic nitrogens is 1. The van der Waals surface area contributed by atoms with Crippen molar-refractivity contribution < 1.29 is 19.1 Å². The Morgan fingerprint density at radius 1 is 1.10 bits per heavy atom. The summed E-state index contributed by atoms with van der Waals surface area (Å²) in [6, 6.07) is 17.5. The van der Waals surface area contributed by atoms with E-state index in [4.69, 9.17) is 21.1 Å². The van der Waals surface area contributed by atoms with Crippen molar-refractivity contribution in [3.05, 3.63) is 94.5 Å². The molecule has 4 aromatic rings. The predicted octanol–water partition coefficient (Wildman–Crippen LogP) is 4.40. The smallest absolute Gasteiger partial charge is 0.371 e. The van der Waals surface area contributed by atoms with Gasteiger partial charge in [-0.15, -0.1) is 0 Å². The molecule has 2 aromatic heterocycles. The molecule has 1 amide bonds. The molecule has 0 bridgehead atoms. The van der Waals surface area contributed by atoms with E-state index in [1.165, 1.54) is 6.07 Å². The summed E-state index contributed by atoms with van der Waals surface area (Å²) in [4.78, 5) is 23.3. The fraction of sp³-hybridized carbons (Fsp3) is 0.0455. The lowest BCUT2D eigenvalue weighted by Gasteiger charge is -2.02. The van der Waals surface area contributed by atoms with Crippen LogP contribution in [-0.4, -0.2) is 27.8 Å². The van der Waals surface area contributed by atoms with E-state index in [1.807, 2.05) is 35.0 Å². The average molecular weight is 422 g/mol. The second-order valence-electron chi connectivity index (χ2n) is 6.48. The summed E-state index contributed by atoms with van der Waals surface area (Å²) in [5.41, 5.74) is 4.53. The molecule has 2 heterocycles. The molecule has 0 radical (unpaired) electrons. The van der Waals surface area contributed by atoms with Crippen LogP contribution in [0.5, 0.6) is 0 Å². The van der Waals surface area contributed by atoms with Gasteiger partial charge in [0.05, 0.1) is 23.3 Å². The molecule has 7 nitrogen and oxygen atoms in total. The quantitative estimate of drug-likeness (QED) is 0.356. The maximum atomic E-state index is 12.2. The van der Waals surface area contributed by atoms with Crippen molar-refractivity contribution >= 4 is 40.6 Å². The molecule has 0 spiro atoms. The third-order valence-corrected chi connectivity index (χ3v) is 4.84. The summed E-state index contributed by atoms with van der Waals surface area (Å²) in [7, 11) is 0. The molecule has 0 aliphatic carbocycles. The molecular weight excluding hydrogens is 406 g/mol. The summed E-state index contributed by atoms with van der Waals surface area (Å²) < 4.78 is 7.28. The first-order valence-electron chi connectivity index (χ1n) is 9.01. The van der Waals surface area contributed by atoms with Crippen LogP contribution in [0.4, 0.5) is 0 Å². The Balaban J connectivity index is 1.57. The van der Waals surface area contributed by atoms with Crippen LogP contribution in [0.15, 0.2) is 76.4 Å². The molecule has 0 unspecified atom stereocenters. The number of hydrogen-bond donors (Lipinski definition) is 2. The Kier molecular flexibility index (Phi) is 5.36. The number of carboxylic acid groups (broad SMARTS) is 1. The van der Waals surface area contributed by atoms with Crippen molar-refractivity contribution in [3.8, 4) is 0 Å². The summed E-state index contributed by atoms with van der Waals surface area (Å²) in [6.07, 6.45) is 3.41. The SMILES string of the molecule is O=C(O)c1ccc(Cn2cc(/C=N\NC(=O)c3ccccc3Cl)c3ccccc32)o1. The van der Waals surface area contributed by atoms with Crippen LogP contribution in [0.2, 0.25) is 5.02 Å². The van der Waals surface area contributed by atoms with Crippen molar-refractivity contribution in [2.45, 2.75) is 6.54 Å². The van der Waals surface area contributed by atoms with Gasteiger partial charge in [-0.1, -0.05) is 41.9 Å². The number of hydrazone groups is 1. The normalized spacial score (nSPS) is 11.2. The maximum absolute atomic E-state index is 12.2. The van der Waals surface area contributed by atoms with Gasteiger partial charge in [-0.25, -0.2) is 10.2 Å². The minimum Gasteiger partial charge on any atom is -0.475 e. The van der Waals surface area contributed by atoms with E-state index in [2.05, 4.69) is 10.5 Å². The number of halogens is 1. The van der Waals surface area contributed by atoms with Gasteiger partial charge in [0.1, 0.15) is 5.76 Å². The minimum absolute atomic E-state index is 0.106. The van der Waals surface area contributed by atoms with E-state index in [-0.39, 0.29) is 5.76 Å². The molecule has 150 valence electrons. The molecule has 2 aromatic carbocycles. The highest BCUT2D eigenvalue weighted by molar-refractivity contribution is 6.33. The number of carbonyl (C=O) groups is 2. The summed E-state index contributed by atoms with van der Waals surface area (Å²) >= 11 is 6.03. The van der Waals surface area contributed by atoms with Gasteiger partial charge < -0.3 is 14.1 Å². The lowest BCUT2D eigenvalue weighted by atomic mass is 10.2. The van der Waals surface area contributed by atoms with E-state index in [0.29, 0.717) is 22.9 Å². The maximum Gasteiger partial charge on any atom is 0.371 e.